The fourth-order valence-electron chi connectivity index (χ4n) is 3.03. The first-order valence-electron chi connectivity index (χ1n) is 8.60. The second kappa shape index (κ2) is 5.55. The lowest BCUT2D eigenvalue weighted by Gasteiger charge is -2.20. The van der Waals surface area contributed by atoms with Gasteiger partial charge in [0.2, 0.25) is 0 Å². The molecule has 1 aliphatic rings. The molecule has 1 N–H and O–H groups in total. The molecule has 0 saturated heterocycles. The second-order valence-electron chi connectivity index (χ2n) is 8.58. The molecule has 132 valence electrons. The number of aliphatic imine (C=N–C) groups is 1. The van der Waals surface area contributed by atoms with Crippen LogP contribution in [0.15, 0.2) is 29.3 Å². The molecule has 1 aromatic carbocycles. The number of nitrogens with one attached hydrogen (secondary N) is 1. The van der Waals surface area contributed by atoms with Gasteiger partial charge >= 0.3 is 0 Å². The number of fused-ring (bicyclic) bond motifs is 3. The number of nitrogens with zero attached hydrogens (tertiary/aromatic N) is 3. The highest BCUT2D eigenvalue weighted by molar-refractivity contribution is 6.16. The van der Waals surface area contributed by atoms with Gasteiger partial charge in [0.25, 0.3) is 5.91 Å². The van der Waals surface area contributed by atoms with E-state index in [0.717, 1.165) is 22.7 Å². The molecule has 2 aromatic rings. The van der Waals surface area contributed by atoms with Crippen LogP contribution in [0.5, 0.6) is 0 Å². The van der Waals surface area contributed by atoms with Crippen LogP contribution < -0.4 is 5.32 Å². The van der Waals surface area contributed by atoms with Crippen LogP contribution in [0.25, 0.3) is 11.3 Å². The third-order valence-corrected chi connectivity index (χ3v) is 3.84. The summed E-state index contributed by atoms with van der Waals surface area (Å²) in [5.74, 6) is 0.703. The largest absolute Gasteiger partial charge is 0.347 e. The molecule has 25 heavy (non-hydrogen) atoms. The van der Waals surface area contributed by atoms with Gasteiger partial charge in [-0.25, -0.2) is 4.68 Å². The summed E-state index contributed by atoms with van der Waals surface area (Å²) in [5.41, 5.74) is 3.65. The Morgan fingerprint density at radius 3 is 2.24 bits per heavy atom. The lowest BCUT2D eigenvalue weighted by atomic mass is 10.0. The van der Waals surface area contributed by atoms with Crippen molar-refractivity contribution in [2.45, 2.75) is 59.5 Å². The standard InChI is InChI=1S/C20H26N4O/c1-12-15(18(25)22-20(5,6)7)16-13-10-8-9-11-14(13)17(24(16)23-12)21-19(2,3)4/h8-11H,1-7H3,(H,22,25). The van der Waals surface area contributed by atoms with E-state index in [0.29, 0.717) is 11.3 Å². The summed E-state index contributed by atoms with van der Waals surface area (Å²) in [5, 5.41) is 7.70. The van der Waals surface area contributed by atoms with Gasteiger partial charge in [0.15, 0.2) is 5.84 Å². The third-order valence-electron chi connectivity index (χ3n) is 3.84. The summed E-state index contributed by atoms with van der Waals surface area (Å²) in [6, 6.07) is 8.04. The lowest BCUT2D eigenvalue weighted by Crippen LogP contribution is -2.40. The predicted molar refractivity (Wildman–Crippen MR) is 101 cm³/mol. The highest BCUT2D eigenvalue weighted by atomic mass is 16.1. The second-order valence-corrected chi connectivity index (χ2v) is 8.58. The minimum atomic E-state index is -0.307. The number of rotatable bonds is 1. The minimum Gasteiger partial charge on any atom is -0.347 e. The summed E-state index contributed by atoms with van der Waals surface area (Å²) in [6.07, 6.45) is 0. The molecule has 0 fully saturated rings. The van der Waals surface area contributed by atoms with Gasteiger partial charge in [0.05, 0.1) is 22.5 Å². The maximum Gasteiger partial charge on any atom is 0.255 e. The van der Waals surface area contributed by atoms with Gasteiger partial charge in [0, 0.05) is 16.7 Å². The Kier molecular flexibility index (Phi) is 3.86. The van der Waals surface area contributed by atoms with Crippen molar-refractivity contribution in [3.05, 3.63) is 41.1 Å². The Balaban J connectivity index is 2.23. The van der Waals surface area contributed by atoms with Crippen molar-refractivity contribution in [3.8, 4) is 11.3 Å². The Morgan fingerprint density at radius 1 is 1.08 bits per heavy atom. The highest BCUT2D eigenvalue weighted by Gasteiger charge is 2.34. The van der Waals surface area contributed by atoms with Crippen LogP contribution >= 0.6 is 0 Å². The fourth-order valence-corrected chi connectivity index (χ4v) is 3.03. The maximum atomic E-state index is 12.9. The molecule has 5 heteroatoms. The quantitative estimate of drug-likeness (QED) is 0.734. The van der Waals surface area contributed by atoms with E-state index in [2.05, 4.69) is 31.2 Å². The van der Waals surface area contributed by atoms with Crippen molar-refractivity contribution in [3.63, 3.8) is 0 Å². The minimum absolute atomic E-state index is 0.0990. The monoisotopic (exact) mass is 338 g/mol. The van der Waals surface area contributed by atoms with E-state index in [1.54, 1.807) is 0 Å². The predicted octanol–water partition coefficient (Wildman–Crippen LogP) is 3.79. The van der Waals surface area contributed by atoms with Gasteiger partial charge in [0.1, 0.15) is 0 Å². The van der Waals surface area contributed by atoms with Crippen molar-refractivity contribution in [1.29, 1.82) is 0 Å². The molecule has 3 rings (SSSR count). The Hall–Kier alpha value is -2.43. The smallest absolute Gasteiger partial charge is 0.255 e. The van der Waals surface area contributed by atoms with E-state index in [1.165, 1.54) is 0 Å². The molecule has 0 aliphatic carbocycles. The number of aromatic nitrogens is 2. The first-order valence-corrected chi connectivity index (χ1v) is 8.60. The van der Waals surface area contributed by atoms with Gasteiger partial charge in [-0.2, -0.15) is 5.10 Å². The Bertz CT molecular complexity index is 876. The highest BCUT2D eigenvalue weighted by Crippen LogP contribution is 2.36. The summed E-state index contributed by atoms with van der Waals surface area (Å²) >= 11 is 0. The summed E-state index contributed by atoms with van der Waals surface area (Å²) in [4.78, 5) is 17.8. The fraction of sp³-hybridized carbons (Fsp3) is 0.450. The van der Waals surface area contributed by atoms with E-state index < -0.39 is 0 Å². The average molecular weight is 338 g/mol. The molecule has 0 unspecified atom stereocenters. The lowest BCUT2D eigenvalue weighted by molar-refractivity contribution is 0.0919. The van der Waals surface area contributed by atoms with Crippen molar-refractivity contribution in [2.75, 3.05) is 0 Å². The zero-order valence-electron chi connectivity index (χ0n) is 16.1. The number of hydrogen-bond acceptors (Lipinski definition) is 3. The molecule has 5 nitrogen and oxygen atoms in total. The average Bonchev–Trinajstić information content (AvgIpc) is 2.91. The van der Waals surface area contributed by atoms with Crippen LogP contribution in [0.3, 0.4) is 0 Å². The molecule has 0 radical (unpaired) electrons. The van der Waals surface area contributed by atoms with E-state index in [4.69, 9.17) is 4.99 Å². The zero-order valence-corrected chi connectivity index (χ0v) is 16.1. The number of hydrogen-bond donors (Lipinski definition) is 1. The molecule has 2 heterocycles. The van der Waals surface area contributed by atoms with Crippen LogP contribution in [0.2, 0.25) is 0 Å². The van der Waals surface area contributed by atoms with Crippen LogP contribution in [0.1, 0.15) is 63.2 Å². The van der Waals surface area contributed by atoms with Crippen LogP contribution in [-0.4, -0.2) is 32.6 Å². The molecular formula is C20H26N4O. The van der Waals surface area contributed by atoms with Crippen molar-refractivity contribution in [1.82, 2.24) is 15.1 Å². The normalized spacial score (nSPS) is 15.2. The van der Waals surface area contributed by atoms with Crippen molar-refractivity contribution >= 4 is 11.7 Å². The molecule has 1 amide bonds. The molecule has 1 aliphatic heterocycles. The first-order chi connectivity index (χ1) is 11.5. The summed E-state index contributed by atoms with van der Waals surface area (Å²) < 4.78 is 1.82. The van der Waals surface area contributed by atoms with Crippen molar-refractivity contribution in [2.24, 2.45) is 4.99 Å². The topological polar surface area (TPSA) is 59.3 Å². The van der Waals surface area contributed by atoms with Crippen LogP contribution in [-0.2, 0) is 0 Å². The number of benzene rings is 1. The molecule has 0 saturated carbocycles. The molecule has 1 aromatic heterocycles. The van der Waals surface area contributed by atoms with E-state index in [9.17, 15) is 4.79 Å². The van der Waals surface area contributed by atoms with Crippen LogP contribution in [0.4, 0.5) is 0 Å². The Labute approximate surface area is 149 Å². The Morgan fingerprint density at radius 2 is 1.68 bits per heavy atom. The van der Waals surface area contributed by atoms with E-state index >= 15 is 0 Å². The van der Waals surface area contributed by atoms with Gasteiger partial charge < -0.3 is 5.32 Å². The number of amides is 1. The zero-order chi connectivity index (χ0) is 18.6. The number of carbonyl (C=O) groups is 1. The molecule has 0 spiro atoms. The van der Waals surface area contributed by atoms with Gasteiger partial charge in [-0.15, -0.1) is 0 Å². The summed E-state index contributed by atoms with van der Waals surface area (Å²) in [6.45, 7) is 14.0. The molecular weight excluding hydrogens is 312 g/mol. The SMILES string of the molecule is Cc1nn2c(c1C(=O)NC(C)(C)C)-c1ccccc1C2=NC(C)(C)C. The maximum absolute atomic E-state index is 12.9. The molecule has 0 atom stereocenters. The van der Waals surface area contributed by atoms with Crippen molar-refractivity contribution < 1.29 is 4.79 Å². The summed E-state index contributed by atoms with van der Waals surface area (Å²) in [7, 11) is 0. The van der Waals surface area contributed by atoms with Gasteiger partial charge in [-0.1, -0.05) is 24.3 Å². The van der Waals surface area contributed by atoms with E-state index in [-0.39, 0.29) is 17.0 Å². The van der Waals surface area contributed by atoms with Gasteiger partial charge in [-0.3, -0.25) is 9.79 Å². The van der Waals surface area contributed by atoms with Crippen LogP contribution in [0, 0.1) is 6.92 Å². The van der Waals surface area contributed by atoms with Gasteiger partial charge in [-0.05, 0) is 48.5 Å². The first kappa shape index (κ1) is 17.4. The van der Waals surface area contributed by atoms with E-state index in [1.807, 2.05) is 56.6 Å². The number of carbonyl (C=O) groups excluding carboxylic acids is 1. The number of aryl methyl sites for hydroxylation is 1. The third kappa shape index (κ3) is 3.23. The molecule has 0 bridgehead atoms.